The molecule has 2 rings (SSSR count). The molecule has 1 nitrogen and oxygen atoms in total. The summed E-state index contributed by atoms with van der Waals surface area (Å²) in [6.45, 7) is 0. The van der Waals surface area contributed by atoms with Gasteiger partial charge in [-0.2, -0.15) is 11.3 Å². The standard InChI is InChI=1S/C10H9ClOS2/c11-8-2-4-14-10(8)9(12)5-7-1-3-13-6-7/h1-4,6,9,12H,5H2. The third-order valence-corrected chi connectivity index (χ3v) is 4.15. The van der Waals surface area contributed by atoms with Crippen molar-refractivity contribution in [2.24, 2.45) is 0 Å². The second-order valence-corrected chi connectivity index (χ2v) is 5.12. The molecule has 2 heterocycles. The van der Waals surface area contributed by atoms with Crippen LogP contribution in [0.25, 0.3) is 0 Å². The molecule has 2 aromatic heterocycles. The summed E-state index contributed by atoms with van der Waals surface area (Å²) >= 11 is 9.07. The maximum atomic E-state index is 9.89. The quantitative estimate of drug-likeness (QED) is 0.872. The molecule has 74 valence electrons. The summed E-state index contributed by atoms with van der Waals surface area (Å²) in [6, 6.07) is 3.84. The van der Waals surface area contributed by atoms with Gasteiger partial charge in [-0.3, -0.25) is 0 Å². The molecule has 0 amide bonds. The molecule has 0 fully saturated rings. The molecule has 1 unspecified atom stereocenters. The maximum Gasteiger partial charge on any atom is 0.0937 e. The number of aliphatic hydroxyl groups excluding tert-OH is 1. The van der Waals surface area contributed by atoms with Crippen LogP contribution in [0.2, 0.25) is 5.02 Å². The van der Waals surface area contributed by atoms with Gasteiger partial charge in [0.15, 0.2) is 0 Å². The van der Waals surface area contributed by atoms with Crippen LogP contribution >= 0.6 is 34.3 Å². The summed E-state index contributed by atoms with van der Waals surface area (Å²) in [5.74, 6) is 0. The normalized spacial score (nSPS) is 13.0. The molecule has 0 aliphatic carbocycles. The van der Waals surface area contributed by atoms with E-state index in [4.69, 9.17) is 11.6 Å². The summed E-state index contributed by atoms with van der Waals surface area (Å²) in [5, 5.41) is 16.5. The minimum absolute atomic E-state index is 0.475. The first-order valence-corrected chi connectivity index (χ1v) is 6.39. The zero-order valence-electron chi connectivity index (χ0n) is 7.31. The highest BCUT2D eigenvalue weighted by Crippen LogP contribution is 2.30. The second kappa shape index (κ2) is 4.45. The Kier molecular flexibility index (Phi) is 3.23. The van der Waals surface area contributed by atoms with E-state index in [0.717, 1.165) is 10.4 Å². The van der Waals surface area contributed by atoms with E-state index in [1.807, 2.05) is 28.3 Å². The van der Waals surface area contributed by atoms with Crippen molar-refractivity contribution in [3.8, 4) is 0 Å². The molecular weight excluding hydrogens is 236 g/mol. The molecule has 14 heavy (non-hydrogen) atoms. The van der Waals surface area contributed by atoms with E-state index >= 15 is 0 Å². The second-order valence-electron chi connectivity index (χ2n) is 2.98. The lowest BCUT2D eigenvalue weighted by molar-refractivity contribution is 0.182. The number of thiophene rings is 2. The molecule has 0 spiro atoms. The largest absolute Gasteiger partial charge is 0.387 e. The van der Waals surface area contributed by atoms with Gasteiger partial charge in [-0.05, 0) is 33.8 Å². The smallest absolute Gasteiger partial charge is 0.0937 e. The van der Waals surface area contributed by atoms with Crippen LogP contribution in [-0.2, 0) is 6.42 Å². The molecule has 0 aliphatic rings. The fourth-order valence-corrected chi connectivity index (χ4v) is 3.12. The minimum Gasteiger partial charge on any atom is -0.387 e. The first-order chi connectivity index (χ1) is 6.77. The van der Waals surface area contributed by atoms with E-state index in [1.165, 1.54) is 11.3 Å². The topological polar surface area (TPSA) is 20.2 Å². The van der Waals surface area contributed by atoms with Crippen LogP contribution in [-0.4, -0.2) is 5.11 Å². The Labute approximate surface area is 95.6 Å². The molecule has 1 N–H and O–H groups in total. The molecule has 0 aliphatic heterocycles. The van der Waals surface area contributed by atoms with Crippen molar-refractivity contribution in [3.05, 3.63) is 43.7 Å². The van der Waals surface area contributed by atoms with E-state index < -0.39 is 6.10 Å². The third kappa shape index (κ3) is 2.17. The number of aliphatic hydroxyl groups is 1. The Balaban J connectivity index is 2.10. The summed E-state index contributed by atoms with van der Waals surface area (Å²) in [4.78, 5) is 0.859. The van der Waals surface area contributed by atoms with Crippen LogP contribution in [0.1, 0.15) is 16.5 Å². The van der Waals surface area contributed by atoms with Gasteiger partial charge in [-0.25, -0.2) is 0 Å². The summed E-state index contributed by atoms with van der Waals surface area (Å²) in [5.41, 5.74) is 1.16. The average Bonchev–Trinajstić information content (AvgIpc) is 2.75. The molecule has 1 atom stereocenters. The number of rotatable bonds is 3. The van der Waals surface area contributed by atoms with Crippen LogP contribution in [0.5, 0.6) is 0 Å². The lowest BCUT2D eigenvalue weighted by Crippen LogP contribution is -1.98. The van der Waals surface area contributed by atoms with Gasteiger partial charge in [0.1, 0.15) is 0 Å². The van der Waals surface area contributed by atoms with E-state index in [-0.39, 0.29) is 0 Å². The molecule has 4 heteroatoms. The first-order valence-electron chi connectivity index (χ1n) is 4.19. The highest BCUT2D eigenvalue weighted by atomic mass is 35.5. The van der Waals surface area contributed by atoms with Gasteiger partial charge < -0.3 is 5.11 Å². The van der Waals surface area contributed by atoms with Gasteiger partial charge in [0.05, 0.1) is 16.0 Å². The van der Waals surface area contributed by atoms with Crippen LogP contribution in [0, 0.1) is 0 Å². The summed E-state index contributed by atoms with van der Waals surface area (Å²) < 4.78 is 0. The zero-order chi connectivity index (χ0) is 9.97. The van der Waals surface area contributed by atoms with Crippen molar-refractivity contribution in [2.75, 3.05) is 0 Å². The first kappa shape index (κ1) is 10.2. The van der Waals surface area contributed by atoms with Gasteiger partial charge >= 0.3 is 0 Å². The van der Waals surface area contributed by atoms with Gasteiger partial charge in [0, 0.05) is 6.42 Å². The van der Waals surface area contributed by atoms with Crippen LogP contribution in [0.4, 0.5) is 0 Å². The van der Waals surface area contributed by atoms with Crippen molar-refractivity contribution < 1.29 is 5.11 Å². The monoisotopic (exact) mass is 244 g/mol. The molecule has 0 aromatic carbocycles. The van der Waals surface area contributed by atoms with Crippen LogP contribution in [0.15, 0.2) is 28.3 Å². The lowest BCUT2D eigenvalue weighted by Gasteiger charge is -2.07. The van der Waals surface area contributed by atoms with Crippen molar-refractivity contribution in [1.82, 2.24) is 0 Å². The number of hydrogen-bond donors (Lipinski definition) is 1. The van der Waals surface area contributed by atoms with Crippen molar-refractivity contribution in [3.63, 3.8) is 0 Å². The molecule has 0 saturated carbocycles. The van der Waals surface area contributed by atoms with Gasteiger partial charge in [-0.15, -0.1) is 11.3 Å². The zero-order valence-corrected chi connectivity index (χ0v) is 9.70. The van der Waals surface area contributed by atoms with Crippen LogP contribution in [0.3, 0.4) is 0 Å². The SMILES string of the molecule is OC(Cc1ccsc1)c1sccc1Cl. The van der Waals surface area contributed by atoms with Gasteiger partial charge in [0.25, 0.3) is 0 Å². The molecule has 0 saturated heterocycles. The summed E-state index contributed by atoms with van der Waals surface area (Å²) in [7, 11) is 0. The Bertz CT molecular complexity index is 394. The van der Waals surface area contributed by atoms with E-state index in [9.17, 15) is 5.11 Å². The highest BCUT2D eigenvalue weighted by molar-refractivity contribution is 7.10. The highest BCUT2D eigenvalue weighted by Gasteiger charge is 2.13. The summed E-state index contributed by atoms with van der Waals surface area (Å²) in [6.07, 6.45) is 0.168. The van der Waals surface area contributed by atoms with Crippen LogP contribution < -0.4 is 0 Å². The lowest BCUT2D eigenvalue weighted by atomic mass is 10.1. The fraction of sp³-hybridized carbons (Fsp3) is 0.200. The Morgan fingerprint density at radius 1 is 1.36 bits per heavy atom. The van der Waals surface area contributed by atoms with Crippen molar-refractivity contribution in [1.29, 1.82) is 0 Å². The van der Waals surface area contributed by atoms with E-state index in [1.54, 1.807) is 11.3 Å². The third-order valence-electron chi connectivity index (χ3n) is 1.96. The number of hydrogen-bond acceptors (Lipinski definition) is 3. The fourth-order valence-electron chi connectivity index (χ4n) is 1.27. The predicted octanol–water partition coefficient (Wildman–Crippen LogP) is 3.74. The predicted molar refractivity (Wildman–Crippen MR) is 62.3 cm³/mol. The Morgan fingerprint density at radius 2 is 2.21 bits per heavy atom. The molecule has 2 aromatic rings. The average molecular weight is 245 g/mol. The molecular formula is C10H9ClOS2. The van der Waals surface area contributed by atoms with E-state index in [2.05, 4.69) is 0 Å². The number of halogens is 1. The van der Waals surface area contributed by atoms with E-state index in [0.29, 0.717) is 11.4 Å². The minimum atomic E-state index is -0.475. The van der Waals surface area contributed by atoms with Crippen molar-refractivity contribution >= 4 is 34.3 Å². The Hall–Kier alpha value is -0.350. The van der Waals surface area contributed by atoms with Gasteiger partial charge in [-0.1, -0.05) is 11.6 Å². The van der Waals surface area contributed by atoms with Gasteiger partial charge in [0.2, 0.25) is 0 Å². The Morgan fingerprint density at radius 3 is 2.79 bits per heavy atom. The molecule has 0 radical (unpaired) electrons. The van der Waals surface area contributed by atoms with Crippen molar-refractivity contribution in [2.45, 2.75) is 12.5 Å². The maximum absolute atomic E-state index is 9.89. The molecule has 0 bridgehead atoms.